The highest BCUT2D eigenvalue weighted by atomic mass is 35.5. The maximum Gasteiger partial charge on any atom is 0.359 e. The summed E-state index contributed by atoms with van der Waals surface area (Å²) in [5.41, 5.74) is -1.17. The molecule has 0 bridgehead atoms. The minimum absolute atomic E-state index is 0.0280. The van der Waals surface area contributed by atoms with Crippen LogP contribution in [0, 0.1) is 0 Å². The van der Waals surface area contributed by atoms with E-state index in [4.69, 9.17) is 79.1 Å². The van der Waals surface area contributed by atoms with Crippen molar-refractivity contribution in [2.75, 3.05) is 5.01 Å². The first-order valence-electron chi connectivity index (χ1n) is 14.7. The third-order valence-electron chi connectivity index (χ3n) is 7.11. The average molecular weight is 789 g/mol. The molecular formula is C33H28Cl6N4O6. The molecule has 0 aliphatic carbocycles. The molecule has 1 aliphatic rings. The lowest BCUT2D eigenvalue weighted by Crippen LogP contribution is -2.25. The van der Waals surface area contributed by atoms with E-state index in [0.717, 1.165) is 9.69 Å². The van der Waals surface area contributed by atoms with Crippen LogP contribution in [0.3, 0.4) is 0 Å². The van der Waals surface area contributed by atoms with E-state index >= 15 is 0 Å². The van der Waals surface area contributed by atoms with Crippen LogP contribution in [-0.4, -0.2) is 45.5 Å². The fourth-order valence-corrected chi connectivity index (χ4v) is 6.25. The number of amides is 1. The summed E-state index contributed by atoms with van der Waals surface area (Å²) < 4.78 is 11.9. The van der Waals surface area contributed by atoms with Gasteiger partial charge in [0.1, 0.15) is 11.4 Å². The number of aromatic amines is 1. The molecule has 16 heteroatoms. The third kappa shape index (κ3) is 8.63. The number of halogens is 6. The predicted octanol–water partition coefficient (Wildman–Crippen LogP) is 9.28. The van der Waals surface area contributed by atoms with Gasteiger partial charge in [0.15, 0.2) is 11.4 Å². The number of nitrogens with zero attached hydrogens (tertiary/aromatic N) is 3. The van der Waals surface area contributed by atoms with E-state index in [0.29, 0.717) is 12.8 Å². The van der Waals surface area contributed by atoms with Gasteiger partial charge in [-0.15, -0.1) is 0 Å². The molecule has 0 spiro atoms. The highest BCUT2D eigenvalue weighted by Gasteiger charge is 2.38. The van der Waals surface area contributed by atoms with Crippen molar-refractivity contribution in [1.82, 2.24) is 9.78 Å². The molecule has 258 valence electrons. The number of H-pyrrole nitrogens is 1. The lowest BCUT2D eigenvalue weighted by atomic mass is 10.1. The van der Waals surface area contributed by atoms with Crippen molar-refractivity contribution in [2.45, 2.75) is 52.7 Å². The minimum Gasteiger partial charge on any atom is -0.458 e. The molecule has 1 aromatic heterocycles. The van der Waals surface area contributed by atoms with Gasteiger partial charge in [-0.05, 0) is 63.1 Å². The number of rotatable bonds is 11. The monoisotopic (exact) mass is 786 g/mol. The lowest BCUT2D eigenvalue weighted by Gasteiger charge is -2.15. The summed E-state index contributed by atoms with van der Waals surface area (Å²) in [6.07, 6.45) is 7.21. The number of anilines is 1. The van der Waals surface area contributed by atoms with Gasteiger partial charge >= 0.3 is 11.9 Å². The number of benzene rings is 2. The van der Waals surface area contributed by atoms with E-state index < -0.39 is 35.6 Å². The Kier molecular flexibility index (Phi) is 12.9. The highest BCUT2D eigenvalue weighted by molar-refractivity contribution is 6.54. The fourth-order valence-electron chi connectivity index (χ4n) is 4.28. The Morgan fingerprint density at radius 1 is 0.796 bits per heavy atom. The Morgan fingerprint density at radius 2 is 1.31 bits per heavy atom. The van der Waals surface area contributed by atoms with Crippen LogP contribution in [0.4, 0.5) is 5.69 Å². The number of ether oxygens (including phenoxy) is 2. The summed E-state index contributed by atoms with van der Waals surface area (Å²) in [6, 6.07) is 5.56. The predicted molar refractivity (Wildman–Crippen MR) is 195 cm³/mol. The van der Waals surface area contributed by atoms with Gasteiger partial charge in [0.05, 0.1) is 43.4 Å². The number of aromatic nitrogens is 2. The fraction of sp³-hybridized carbons (Fsp3) is 0.242. The third-order valence-corrected chi connectivity index (χ3v) is 8.70. The second kappa shape index (κ2) is 16.5. The van der Waals surface area contributed by atoms with E-state index in [1.165, 1.54) is 54.6 Å². The summed E-state index contributed by atoms with van der Waals surface area (Å²) in [4.78, 5) is 53.3. The molecule has 3 aromatic rings. The summed E-state index contributed by atoms with van der Waals surface area (Å²) in [6.45, 7) is 7.08. The Labute approximate surface area is 311 Å². The molecule has 0 saturated heterocycles. The summed E-state index contributed by atoms with van der Waals surface area (Å²) >= 11 is 37.5. The molecule has 49 heavy (non-hydrogen) atoms. The van der Waals surface area contributed by atoms with E-state index in [2.05, 4.69) is 10.2 Å². The van der Waals surface area contributed by atoms with E-state index in [1.54, 1.807) is 13.8 Å². The molecule has 0 radical (unpaired) electrons. The summed E-state index contributed by atoms with van der Waals surface area (Å²) in [5.74, 6) is -2.33. The second-order valence-electron chi connectivity index (χ2n) is 10.6. The van der Waals surface area contributed by atoms with Gasteiger partial charge < -0.3 is 9.47 Å². The van der Waals surface area contributed by atoms with Gasteiger partial charge in [-0.3, -0.25) is 14.7 Å². The number of carbonyl (C=O) groups excluding carboxylic acids is 3. The van der Waals surface area contributed by atoms with Crippen molar-refractivity contribution in [1.29, 1.82) is 0 Å². The molecule has 2 aromatic carbocycles. The van der Waals surface area contributed by atoms with Crippen LogP contribution in [0.15, 0.2) is 64.0 Å². The number of nitrogens with one attached hydrogen (secondary N) is 1. The first-order chi connectivity index (χ1) is 23.2. The lowest BCUT2D eigenvalue weighted by molar-refractivity contribution is -0.140. The Morgan fingerprint density at radius 3 is 1.84 bits per heavy atom. The quantitative estimate of drug-likeness (QED) is 0.117. The topological polar surface area (TPSA) is 123 Å². The Hall–Kier alpha value is -3.51. The molecule has 2 heterocycles. The number of esters is 2. The highest BCUT2D eigenvalue weighted by Crippen LogP contribution is 2.39. The van der Waals surface area contributed by atoms with E-state index in [9.17, 15) is 19.2 Å². The molecule has 2 unspecified atom stereocenters. The number of allylic oxidation sites excluding steroid dienone is 4. The van der Waals surface area contributed by atoms with Gasteiger partial charge in [-0.2, -0.15) is 10.1 Å². The zero-order valence-electron chi connectivity index (χ0n) is 26.3. The zero-order valence-corrected chi connectivity index (χ0v) is 30.9. The van der Waals surface area contributed by atoms with Crippen molar-refractivity contribution in [3.63, 3.8) is 0 Å². The van der Waals surface area contributed by atoms with Crippen LogP contribution >= 0.6 is 69.6 Å². The van der Waals surface area contributed by atoms with Crippen molar-refractivity contribution in [3.05, 3.63) is 106 Å². The smallest absolute Gasteiger partial charge is 0.359 e. The Bertz CT molecular complexity index is 1950. The number of carbonyl (C=O) groups is 3. The van der Waals surface area contributed by atoms with Crippen LogP contribution in [-0.2, 0) is 19.1 Å². The van der Waals surface area contributed by atoms with Crippen molar-refractivity contribution >= 4 is 105 Å². The number of hydrogen-bond donors (Lipinski definition) is 1. The van der Waals surface area contributed by atoms with Crippen LogP contribution in [0.1, 0.15) is 56.6 Å². The average Bonchev–Trinajstić information content (AvgIpc) is 3.52. The zero-order chi connectivity index (χ0) is 36.2. The van der Waals surface area contributed by atoms with Gasteiger partial charge in [0.25, 0.3) is 11.5 Å². The van der Waals surface area contributed by atoms with Crippen LogP contribution in [0.5, 0.6) is 0 Å². The molecular weight excluding hydrogens is 761 g/mol. The molecule has 10 nitrogen and oxygen atoms in total. The standard InChI is InChI=1S/C33H28Cl6N4O6/c1-5-16(3)48-32(46)26-20(30(44)42(40-26)28-22(36)12-18(34)13-23(28)37)10-8-7-9-11-21-27(33(47)49-17(4)6-2)41-43(31(21)45)29-24(38)14-19(35)15-25(29)39/h7-17,40H,5-6H2,1-4H3. The normalized spacial score (nSPS) is 15.4. The molecule has 2 atom stereocenters. The van der Waals surface area contributed by atoms with E-state index in [-0.39, 0.29) is 64.1 Å². The molecule has 1 N–H and O–H groups in total. The summed E-state index contributed by atoms with van der Waals surface area (Å²) in [5, 5.41) is 8.51. The molecule has 1 aliphatic heterocycles. The van der Waals surface area contributed by atoms with Crippen LogP contribution < -0.4 is 10.6 Å². The SMILES string of the molecule is CCC(C)OC(=O)C1=NN(c2c(Cl)cc(Cl)cc2Cl)C(=O)C1=CC=CC=Cc1c(C(=O)OC(C)CC)[nH]n(-c2c(Cl)cc(Cl)cc2Cl)c1=O. The van der Waals surface area contributed by atoms with Crippen molar-refractivity contribution < 1.29 is 23.9 Å². The number of hydrogen-bond acceptors (Lipinski definition) is 7. The van der Waals surface area contributed by atoms with Gasteiger partial charge in [0.2, 0.25) is 0 Å². The first kappa shape index (κ1) is 38.3. The van der Waals surface area contributed by atoms with E-state index in [1.807, 2.05) is 13.8 Å². The maximum absolute atomic E-state index is 13.6. The number of hydrazone groups is 1. The van der Waals surface area contributed by atoms with Gasteiger partial charge in [0, 0.05) is 10.0 Å². The van der Waals surface area contributed by atoms with Crippen LogP contribution in [0.25, 0.3) is 11.8 Å². The van der Waals surface area contributed by atoms with Crippen molar-refractivity contribution in [3.8, 4) is 5.69 Å². The largest absolute Gasteiger partial charge is 0.458 e. The van der Waals surface area contributed by atoms with Crippen LogP contribution in [0.2, 0.25) is 30.1 Å². The van der Waals surface area contributed by atoms with Crippen molar-refractivity contribution in [2.24, 2.45) is 5.10 Å². The second-order valence-corrected chi connectivity index (χ2v) is 13.1. The molecule has 0 saturated carbocycles. The van der Waals surface area contributed by atoms with Gasteiger partial charge in [-0.25, -0.2) is 14.3 Å². The summed E-state index contributed by atoms with van der Waals surface area (Å²) in [7, 11) is 0. The maximum atomic E-state index is 13.6. The molecule has 4 rings (SSSR count). The Balaban J connectivity index is 1.73. The van der Waals surface area contributed by atoms with Gasteiger partial charge in [-0.1, -0.05) is 102 Å². The first-order valence-corrected chi connectivity index (χ1v) is 17.0. The minimum atomic E-state index is -0.835. The molecule has 1 amide bonds. The molecule has 0 fully saturated rings.